The van der Waals surface area contributed by atoms with Gasteiger partial charge >= 0.3 is 0 Å². The van der Waals surface area contributed by atoms with Crippen LogP contribution in [-0.2, 0) is 4.79 Å². The maximum Gasteiger partial charge on any atom is 0.224 e. The Hall–Kier alpha value is -1.000. The minimum absolute atomic E-state index is 0.130. The van der Waals surface area contributed by atoms with Gasteiger partial charge in [0, 0.05) is 37.6 Å². The number of hydrogen-bond acceptors (Lipinski definition) is 3. The molecule has 1 saturated heterocycles. The summed E-state index contributed by atoms with van der Waals surface area (Å²) in [5.74, 6) is 2.41. The molecule has 1 aliphatic heterocycles. The lowest BCUT2D eigenvalue weighted by Crippen LogP contribution is -2.42. The first-order chi connectivity index (χ1) is 9.18. The summed E-state index contributed by atoms with van der Waals surface area (Å²) in [6, 6.07) is 10.6. The van der Waals surface area contributed by atoms with Crippen LogP contribution in [-0.4, -0.2) is 41.9 Å². The van der Waals surface area contributed by atoms with Gasteiger partial charge in [0.05, 0.1) is 6.04 Å². The van der Waals surface area contributed by atoms with Gasteiger partial charge in [-0.25, -0.2) is 0 Å². The van der Waals surface area contributed by atoms with Crippen molar-refractivity contribution in [1.82, 2.24) is 10.2 Å². The van der Waals surface area contributed by atoms with E-state index < -0.39 is 0 Å². The van der Waals surface area contributed by atoms with Crippen molar-refractivity contribution in [2.75, 3.05) is 25.1 Å². The van der Waals surface area contributed by atoms with E-state index in [0.717, 1.165) is 18.1 Å². The molecule has 1 aromatic carbocycles. The van der Waals surface area contributed by atoms with Crippen molar-refractivity contribution in [1.29, 1.82) is 0 Å². The van der Waals surface area contributed by atoms with E-state index in [9.17, 15) is 4.79 Å². The highest BCUT2D eigenvalue weighted by Crippen LogP contribution is 2.20. The number of rotatable bonds is 4. The van der Waals surface area contributed by atoms with Crippen molar-refractivity contribution >= 4 is 17.7 Å². The molecule has 1 amide bonds. The normalized spacial score (nSPS) is 20.8. The molecule has 4 heteroatoms. The number of nitrogens with one attached hydrogen (secondary N) is 1. The van der Waals surface area contributed by atoms with Gasteiger partial charge in [0.1, 0.15) is 0 Å². The second kappa shape index (κ2) is 6.96. The highest BCUT2D eigenvalue weighted by atomic mass is 32.2. The minimum Gasteiger partial charge on any atom is -0.339 e. The number of carbonyl (C=O) groups is 1. The van der Waals surface area contributed by atoms with Crippen LogP contribution in [0.4, 0.5) is 0 Å². The third-order valence-electron chi connectivity index (χ3n) is 3.68. The Morgan fingerprint density at radius 3 is 2.84 bits per heavy atom. The first kappa shape index (κ1) is 14.4. The molecule has 1 heterocycles. The molecule has 3 nitrogen and oxygen atoms in total. The van der Waals surface area contributed by atoms with Crippen LogP contribution in [0.3, 0.4) is 0 Å². The molecule has 0 bridgehead atoms. The Morgan fingerprint density at radius 1 is 1.47 bits per heavy atom. The predicted octanol–water partition coefficient (Wildman–Crippen LogP) is 2.30. The summed E-state index contributed by atoms with van der Waals surface area (Å²) in [5, 5.41) is 3.42. The maximum atomic E-state index is 12.3. The van der Waals surface area contributed by atoms with Crippen molar-refractivity contribution in [2.24, 2.45) is 0 Å². The second-order valence-electron chi connectivity index (χ2n) is 5.02. The first-order valence-corrected chi connectivity index (χ1v) is 7.95. The highest BCUT2D eigenvalue weighted by Gasteiger charge is 2.22. The molecule has 0 spiro atoms. The van der Waals surface area contributed by atoms with Gasteiger partial charge in [-0.05, 0) is 12.5 Å². The first-order valence-electron chi connectivity index (χ1n) is 6.80. The van der Waals surface area contributed by atoms with E-state index in [2.05, 4.69) is 24.4 Å². The average molecular weight is 278 g/mol. The van der Waals surface area contributed by atoms with E-state index >= 15 is 0 Å². The smallest absolute Gasteiger partial charge is 0.224 e. The number of nitrogens with zero attached hydrogens (tertiary/aromatic N) is 1. The fourth-order valence-corrected chi connectivity index (χ4v) is 3.23. The van der Waals surface area contributed by atoms with Crippen LogP contribution in [0.5, 0.6) is 0 Å². The molecule has 2 rings (SSSR count). The SMILES string of the molecule is CC(c1ccccc1)N(C)C(=O)CC1CSCCN1. The third kappa shape index (κ3) is 3.98. The number of hydrogen-bond donors (Lipinski definition) is 1. The molecule has 19 heavy (non-hydrogen) atoms. The van der Waals surface area contributed by atoms with Gasteiger partial charge in [-0.1, -0.05) is 30.3 Å². The molecular weight excluding hydrogens is 256 g/mol. The van der Waals surface area contributed by atoms with Gasteiger partial charge in [-0.3, -0.25) is 4.79 Å². The standard InChI is InChI=1S/C15H22N2OS/c1-12(13-6-4-3-5-7-13)17(2)15(18)10-14-11-19-9-8-16-14/h3-7,12,14,16H,8-11H2,1-2H3. The summed E-state index contributed by atoms with van der Waals surface area (Å²) < 4.78 is 0. The Morgan fingerprint density at radius 2 is 2.21 bits per heavy atom. The molecule has 1 N–H and O–H groups in total. The Kier molecular flexibility index (Phi) is 5.28. The lowest BCUT2D eigenvalue weighted by Gasteiger charge is -2.29. The Balaban J connectivity index is 1.91. The number of amides is 1. The molecule has 0 radical (unpaired) electrons. The largest absolute Gasteiger partial charge is 0.339 e. The minimum atomic E-state index is 0.130. The summed E-state index contributed by atoms with van der Waals surface area (Å²) in [5.41, 5.74) is 1.18. The van der Waals surface area contributed by atoms with Gasteiger partial charge in [0.25, 0.3) is 0 Å². The molecule has 0 aromatic heterocycles. The van der Waals surface area contributed by atoms with Crippen LogP contribution in [0.2, 0.25) is 0 Å². The van der Waals surface area contributed by atoms with E-state index in [1.165, 1.54) is 5.56 Å². The van der Waals surface area contributed by atoms with Crippen LogP contribution in [0.15, 0.2) is 30.3 Å². The summed E-state index contributed by atoms with van der Waals surface area (Å²) in [6.45, 7) is 3.09. The van der Waals surface area contributed by atoms with Gasteiger partial charge in [-0.15, -0.1) is 0 Å². The molecule has 2 atom stereocenters. The Bertz CT molecular complexity index is 404. The van der Waals surface area contributed by atoms with E-state index in [1.54, 1.807) is 0 Å². The quantitative estimate of drug-likeness (QED) is 0.917. The summed E-state index contributed by atoms with van der Waals surface area (Å²) in [4.78, 5) is 14.2. The number of benzene rings is 1. The maximum absolute atomic E-state index is 12.3. The zero-order valence-electron chi connectivity index (χ0n) is 11.6. The summed E-state index contributed by atoms with van der Waals surface area (Å²) in [6.07, 6.45) is 0.598. The monoisotopic (exact) mass is 278 g/mol. The molecular formula is C15H22N2OS. The van der Waals surface area contributed by atoms with Gasteiger partial charge in [0.2, 0.25) is 5.91 Å². The number of thioether (sulfide) groups is 1. The van der Waals surface area contributed by atoms with Crippen LogP contribution in [0.25, 0.3) is 0 Å². The fraction of sp³-hybridized carbons (Fsp3) is 0.533. The molecule has 0 aliphatic carbocycles. The third-order valence-corrected chi connectivity index (χ3v) is 4.81. The van der Waals surface area contributed by atoms with E-state index in [0.29, 0.717) is 12.5 Å². The number of carbonyl (C=O) groups excluding carboxylic acids is 1. The fourth-order valence-electron chi connectivity index (χ4n) is 2.28. The molecule has 0 saturated carbocycles. The van der Waals surface area contributed by atoms with Crippen molar-refractivity contribution in [3.63, 3.8) is 0 Å². The zero-order chi connectivity index (χ0) is 13.7. The van der Waals surface area contributed by atoms with Crippen molar-refractivity contribution < 1.29 is 4.79 Å². The van der Waals surface area contributed by atoms with E-state index in [4.69, 9.17) is 0 Å². The van der Waals surface area contributed by atoms with Crippen LogP contribution in [0, 0.1) is 0 Å². The highest BCUT2D eigenvalue weighted by molar-refractivity contribution is 7.99. The lowest BCUT2D eigenvalue weighted by molar-refractivity contribution is -0.132. The molecule has 1 fully saturated rings. The van der Waals surface area contributed by atoms with Gasteiger partial charge < -0.3 is 10.2 Å². The van der Waals surface area contributed by atoms with Crippen LogP contribution >= 0.6 is 11.8 Å². The second-order valence-corrected chi connectivity index (χ2v) is 6.17. The Labute approximate surface area is 119 Å². The van der Waals surface area contributed by atoms with E-state index in [1.807, 2.05) is 41.9 Å². The average Bonchev–Trinajstić information content (AvgIpc) is 2.47. The van der Waals surface area contributed by atoms with Gasteiger partial charge in [0.15, 0.2) is 0 Å². The zero-order valence-corrected chi connectivity index (χ0v) is 12.5. The summed E-state index contributed by atoms with van der Waals surface area (Å²) in [7, 11) is 1.90. The van der Waals surface area contributed by atoms with Crippen LogP contribution < -0.4 is 5.32 Å². The van der Waals surface area contributed by atoms with Crippen molar-refractivity contribution in [3.8, 4) is 0 Å². The molecule has 2 unspecified atom stereocenters. The van der Waals surface area contributed by atoms with Gasteiger partial charge in [-0.2, -0.15) is 11.8 Å². The predicted molar refractivity (Wildman–Crippen MR) is 81.4 cm³/mol. The molecule has 1 aromatic rings. The molecule has 104 valence electrons. The van der Waals surface area contributed by atoms with Crippen molar-refractivity contribution in [3.05, 3.63) is 35.9 Å². The topological polar surface area (TPSA) is 32.3 Å². The molecule has 1 aliphatic rings. The van der Waals surface area contributed by atoms with Crippen LogP contribution in [0.1, 0.15) is 24.9 Å². The summed E-state index contributed by atoms with van der Waals surface area (Å²) >= 11 is 1.93. The van der Waals surface area contributed by atoms with Crippen molar-refractivity contribution in [2.45, 2.75) is 25.4 Å². The lowest BCUT2D eigenvalue weighted by atomic mass is 10.1. The van der Waals surface area contributed by atoms with E-state index in [-0.39, 0.29) is 11.9 Å².